The van der Waals surface area contributed by atoms with E-state index < -0.39 is 0 Å². The fourth-order valence-electron chi connectivity index (χ4n) is 4.18. The van der Waals surface area contributed by atoms with Gasteiger partial charge in [0.1, 0.15) is 5.69 Å². The summed E-state index contributed by atoms with van der Waals surface area (Å²) in [5, 5.41) is 18.9. The van der Waals surface area contributed by atoms with Crippen molar-refractivity contribution in [1.82, 2.24) is 20.2 Å². The predicted molar refractivity (Wildman–Crippen MR) is 144 cm³/mol. The Labute approximate surface area is 207 Å². The first-order chi connectivity index (χ1) is 17.8. The molecule has 7 heteroatoms. The lowest BCUT2D eigenvalue weighted by molar-refractivity contribution is 0.398. The van der Waals surface area contributed by atoms with Gasteiger partial charge in [0.25, 0.3) is 0 Å². The average molecular weight is 471 g/mol. The number of pyridine rings is 2. The molecule has 0 saturated heterocycles. The maximum atomic E-state index is 5.21. The summed E-state index contributed by atoms with van der Waals surface area (Å²) in [7, 11) is 1.60. The Hall–Kier alpha value is -5.04. The number of methoxy groups -OCH3 is 1. The number of nitrogens with one attached hydrogen (secondary N) is 2. The van der Waals surface area contributed by atoms with Crippen LogP contribution >= 0.6 is 0 Å². The highest BCUT2D eigenvalue weighted by atomic mass is 16.5. The molecule has 6 aromatic rings. The van der Waals surface area contributed by atoms with E-state index in [9.17, 15) is 0 Å². The molecular weight excluding hydrogens is 448 g/mol. The molecule has 3 aromatic carbocycles. The average Bonchev–Trinajstić information content (AvgIpc) is 2.94. The van der Waals surface area contributed by atoms with Gasteiger partial charge in [-0.2, -0.15) is 0 Å². The van der Waals surface area contributed by atoms with E-state index in [1.54, 1.807) is 19.5 Å². The molecular formula is C29H22N6O. The van der Waals surface area contributed by atoms with Gasteiger partial charge < -0.3 is 15.4 Å². The number of rotatable bonds is 6. The fraction of sp³-hybridized carbons (Fsp3) is 0.0345. The third-order valence-electron chi connectivity index (χ3n) is 5.97. The van der Waals surface area contributed by atoms with Gasteiger partial charge in [-0.25, -0.2) is 4.98 Å². The predicted octanol–water partition coefficient (Wildman–Crippen LogP) is 6.74. The molecule has 0 aliphatic rings. The van der Waals surface area contributed by atoms with Crippen molar-refractivity contribution in [3.63, 3.8) is 0 Å². The van der Waals surface area contributed by atoms with Crippen molar-refractivity contribution in [1.29, 1.82) is 0 Å². The van der Waals surface area contributed by atoms with Gasteiger partial charge in [0.2, 0.25) is 5.88 Å². The molecule has 3 aromatic heterocycles. The van der Waals surface area contributed by atoms with E-state index in [4.69, 9.17) is 4.74 Å². The zero-order valence-corrected chi connectivity index (χ0v) is 19.5. The summed E-state index contributed by atoms with van der Waals surface area (Å²) in [6.45, 7) is 0. The standard InChI is InChI=1S/C29H22N6O/c1-36-27-17-26-24(18-31-27)25(15-16-30-26)32-20-11-13-21(14-12-20)33-29-23-10-6-5-9-22(23)28(34-35-29)19-7-3-2-4-8-19/h2-18H,1H3,(H,30,32)(H,33,35). The van der Waals surface area contributed by atoms with E-state index in [0.717, 1.165) is 50.0 Å². The van der Waals surface area contributed by atoms with Crippen LogP contribution in [0.2, 0.25) is 0 Å². The first-order valence-corrected chi connectivity index (χ1v) is 11.5. The highest BCUT2D eigenvalue weighted by Gasteiger charge is 2.11. The van der Waals surface area contributed by atoms with E-state index in [1.807, 2.05) is 78.9 Å². The molecule has 0 aliphatic carbocycles. The topological polar surface area (TPSA) is 84.9 Å². The van der Waals surface area contributed by atoms with Gasteiger partial charge in [0.15, 0.2) is 5.82 Å². The number of anilines is 4. The van der Waals surface area contributed by atoms with Gasteiger partial charge in [-0.05, 0) is 30.3 Å². The van der Waals surface area contributed by atoms with E-state index >= 15 is 0 Å². The number of aromatic nitrogens is 4. The summed E-state index contributed by atoms with van der Waals surface area (Å²) in [4.78, 5) is 8.73. The van der Waals surface area contributed by atoms with Crippen LogP contribution in [-0.4, -0.2) is 27.3 Å². The van der Waals surface area contributed by atoms with Crippen molar-refractivity contribution in [3.8, 4) is 17.1 Å². The van der Waals surface area contributed by atoms with Gasteiger partial charge in [0.05, 0.1) is 18.3 Å². The van der Waals surface area contributed by atoms with Gasteiger partial charge in [-0.3, -0.25) is 4.98 Å². The maximum Gasteiger partial charge on any atom is 0.215 e. The first kappa shape index (κ1) is 21.5. The minimum atomic E-state index is 0.537. The molecule has 0 atom stereocenters. The Morgan fingerprint density at radius 2 is 1.39 bits per heavy atom. The van der Waals surface area contributed by atoms with Gasteiger partial charge in [0, 0.05) is 51.6 Å². The third-order valence-corrected chi connectivity index (χ3v) is 5.97. The van der Waals surface area contributed by atoms with Crippen molar-refractivity contribution in [2.24, 2.45) is 0 Å². The molecule has 7 nitrogen and oxygen atoms in total. The van der Waals surface area contributed by atoms with Crippen LogP contribution in [0.15, 0.2) is 103 Å². The van der Waals surface area contributed by atoms with Crippen LogP contribution in [0.1, 0.15) is 0 Å². The van der Waals surface area contributed by atoms with Crippen LogP contribution in [-0.2, 0) is 0 Å². The molecule has 174 valence electrons. The van der Waals surface area contributed by atoms with Crippen LogP contribution in [0.4, 0.5) is 22.9 Å². The normalized spacial score (nSPS) is 10.9. The van der Waals surface area contributed by atoms with Crippen molar-refractivity contribution in [3.05, 3.63) is 103 Å². The second-order valence-corrected chi connectivity index (χ2v) is 8.24. The minimum Gasteiger partial charge on any atom is -0.481 e. The van der Waals surface area contributed by atoms with Crippen LogP contribution in [0.3, 0.4) is 0 Å². The van der Waals surface area contributed by atoms with Gasteiger partial charge in [-0.1, -0.05) is 54.6 Å². The third kappa shape index (κ3) is 4.14. The number of ether oxygens (including phenoxy) is 1. The lowest BCUT2D eigenvalue weighted by Gasteiger charge is -2.13. The largest absolute Gasteiger partial charge is 0.481 e. The molecule has 2 N–H and O–H groups in total. The Kier molecular flexibility index (Phi) is 5.56. The molecule has 0 fully saturated rings. The molecule has 0 spiro atoms. The molecule has 0 amide bonds. The van der Waals surface area contributed by atoms with Crippen molar-refractivity contribution < 1.29 is 4.74 Å². The van der Waals surface area contributed by atoms with Gasteiger partial charge in [-0.15, -0.1) is 10.2 Å². The highest BCUT2D eigenvalue weighted by molar-refractivity contribution is 6.01. The Morgan fingerprint density at radius 1 is 0.667 bits per heavy atom. The summed E-state index contributed by atoms with van der Waals surface area (Å²) < 4.78 is 5.21. The summed E-state index contributed by atoms with van der Waals surface area (Å²) in [6.07, 6.45) is 3.53. The summed E-state index contributed by atoms with van der Waals surface area (Å²) in [5.41, 5.74) is 5.50. The lowest BCUT2D eigenvalue weighted by atomic mass is 10.0. The fourth-order valence-corrected chi connectivity index (χ4v) is 4.18. The SMILES string of the molecule is COc1cc2nccc(Nc3ccc(Nc4nnc(-c5ccccc5)c5ccccc45)cc3)c2cn1. The zero-order chi connectivity index (χ0) is 24.3. The molecule has 0 unspecified atom stereocenters. The second-order valence-electron chi connectivity index (χ2n) is 8.24. The number of nitrogens with zero attached hydrogens (tertiary/aromatic N) is 4. The molecule has 36 heavy (non-hydrogen) atoms. The first-order valence-electron chi connectivity index (χ1n) is 11.5. The van der Waals surface area contributed by atoms with Crippen molar-refractivity contribution in [2.75, 3.05) is 17.7 Å². The number of hydrogen-bond donors (Lipinski definition) is 2. The zero-order valence-electron chi connectivity index (χ0n) is 19.5. The smallest absolute Gasteiger partial charge is 0.215 e. The summed E-state index contributed by atoms with van der Waals surface area (Å²) in [6, 6.07) is 30.1. The second kappa shape index (κ2) is 9.31. The Morgan fingerprint density at radius 3 is 2.17 bits per heavy atom. The summed E-state index contributed by atoms with van der Waals surface area (Å²) in [5.74, 6) is 1.25. The Bertz CT molecular complexity index is 1670. The van der Waals surface area contributed by atoms with Crippen LogP contribution in [0, 0.1) is 0 Å². The van der Waals surface area contributed by atoms with E-state index in [1.165, 1.54) is 0 Å². The molecule has 0 aliphatic heterocycles. The lowest BCUT2D eigenvalue weighted by Crippen LogP contribution is -1.99. The van der Waals surface area contributed by atoms with Crippen LogP contribution in [0.5, 0.6) is 5.88 Å². The van der Waals surface area contributed by atoms with E-state index in [0.29, 0.717) is 11.7 Å². The maximum absolute atomic E-state index is 5.21. The minimum absolute atomic E-state index is 0.537. The van der Waals surface area contributed by atoms with E-state index in [2.05, 4.69) is 42.9 Å². The monoisotopic (exact) mass is 470 g/mol. The van der Waals surface area contributed by atoms with E-state index in [-0.39, 0.29) is 0 Å². The quantitative estimate of drug-likeness (QED) is 0.279. The molecule has 0 bridgehead atoms. The molecule has 0 radical (unpaired) electrons. The molecule has 0 saturated carbocycles. The van der Waals surface area contributed by atoms with Crippen molar-refractivity contribution in [2.45, 2.75) is 0 Å². The molecule has 6 rings (SSSR count). The number of benzene rings is 3. The van der Waals surface area contributed by atoms with Crippen LogP contribution in [0.25, 0.3) is 32.9 Å². The number of hydrogen-bond acceptors (Lipinski definition) is 7. The molecule has 3 heterocycles. The highest BCUT2D eigenvalue weighted by Crippen LogP contribution is 2.32. The number of fused-ring (bicyclic) bond motifs is 2. The van der Waals surface area contributed by atoms with Crippen LogP contribution < -0.4 is 15.4 Å². The van der Waals surface area contributed by atoms with Gasteiger partial charge >= 0.3 is 0 Å². The Balaban J connectivity index is 1.26. The van der Waals surface area contributed by atoms with Crippen molar-refractivity contribution >= 4 is 44.6 Å². The summed E-state index contributed by atoms with van der Waals surface area (Å²) >= 11 is 0.